The van der Waals surface area contributed by atoms with Crippen molar-refractivity contribution in [3.8, 4) is 0 Å². The molecule has 5 heteroatoms. The van der Waals surface area contributed by atoms with E-state index in [-0.39, 0.29) is 11.9 Å². The summed E-state index contributed by atoms with van der Waals surface area (Å²) in [6.07, 6.45) is 47.1. The monoisotopic (exact) mass is 672 g/mol. The van der Waals surface area contributed by atoms with Crippen molar-refractivity contribution in [3.05, 3.63) is 48.6 Å². The fourth-order valence-electron chi connectivity index (χ4n) is 5.46. The maximum atomic E-state index is 12.0. The minimum atomic E-state index is -0.0700. The van der Waals surface area contributed by atoms with Crippen molar-refractivity contribution in [2.45, 2.75) is 181 Å². The lowest BCUT2D eigenvalue weighted by Crippen LogP contribution is -2.23. The zero-order valence-corrected chi connectivity index (χ0v) is 31.9. The van der Waals surface area contributed by atoms with E-state index in [1.807, 2.05) is 0 Å². The normalized spacial score (nSPS) is 12.1. The van der Waals surface area contributed by atoms with Gasteiger partial charge in [0.05, 0.1) is 13.2 Å². The molecule has 48 heavy (non-hydrogen) atoms. The summed E-state index contributed by atoms with van der Waals surface area (Å²) in [4.78, 5) is 26.2. The van der Waals surface area contributed by atoms with E-state index in [4.69, 9.17) is 9.47 Å². The first kappa shape index (κ1) is 45.9. The third-order valence-electron chi connectivity index (χ3n) is 8.56. The lowest BCUT2D eigenvalue weighted by molar-refractivity contribution is -0.144. The highest BCUT2D eigenvalue weighted by atomic mass is 16.5. The van der Waals surface area contributed by atoms with Crippen LogP contribution in [0.4, 0.5) is 0 Å². The van der Waals surface area contributed by atoms with E-state index in [1.54, 1.807) is 0 Å². The highest BCUT2D eigenvalue weighted by Crippen LogP contribution is 2.10. The molecule has 0 aromatic carbocycles. The molecule has 0 aliphatic heterocycles. The Morgan fingerprint density at radius 3 is 1.15 bits per heavy atom. The van der Waals surface area contributed by atoms with Gasteiger partial charge >= 0.3 is 11.9 Å². The average Bonchev–Trinajstić information content (AvgIpc) is 3.08. The molecule has 0 atom stereocenters. The van der Waals surface area contributed by atoms with Gasteiger partial charge in [0.2, 0.25) is 0 Å². The molecule has 0 spiro atoms. The molecule has 0 rings (SSSR count). The predicted octanol–water partition coefficient (Wildman–Crippen LogP) is 12.4. The maximum Gasteiger partial charge on any atom is 0.305 e. The zero-order valence-electron chi connectivity index (χ0n) is 31.9. The standard InChI is InChI=1S/C43H77NO4/c1-4-6-8-10-12-14-16-18-20-22-24-26-28-30-32-36-42(45)47-40-34-38-44(3)39-35-41-48-43(46)37-33-31-29-27-25-23-21-19-17-15-13-11-9-7-5-2/h12-15,18-21H,4-11,16-17,22-41H2,1-3H3/b14-12-,15-13-,20-18-,21-19-. The smallest absolute Gasteiger partial charge is 0.305 e. The molecule has 278 valence electrons. The summed E-state index contributed by atoms with van der Waals surface area (Å²) in [6.45, 7) is 7.19. The summed E-state index contributed by atoms with van der Waals surface area (Å²) >= 11 is 0. The molecule has 5 nitrogen and oxygen atoms in total. The largest absolute Gasteiger partial charge is 0.466 e. The number of unbranched alkanes of at least 4 members (excludes halogenated alkanes) is 16. The van der Waals surface area contributed by atoms with E-state index < -0.39 is 0 Å². The Morgan fingerprint density at radius 1 is 0.438 bits per heavy atom. The summed E-state index contributed by atoms with van der Waals surface area (Å²) in [5.41, 5.74) is 0. The molecular weight excluding hydrogens is 594 g/mol. The number of carbonyl (C=O) groups is 2. The number of hydrogen-bond acceptors (Lipinski definition) is 5. The van der Waals surface area contributed by atoms with E-state index >= 15 is 0 Å². The summed E-state index contributed by atoms with van der Waals surface area (Å²) < 4.78 is 10.8. The van der Waals surface area contributed by atoms with Gasteiger partial charge in [-0.3, -0.25) is 9.59 Å². The summed E-state index contributed by atoms with van der Waals surface area (Å²) in [6, 6.07) is 0. The predicted molar refractivity (Wildman–Crippen MR) is 207 cm³/mol. The molecule has 0 aliphatic rings. The highest BCUT2D eigenvalue weighted by molar-refractivity contribution is 5.69. The van der Waals surface area contributed by atoms with Gasteiger partial charge in [-0.1, -0.05) is 127 Å². The van der Waals surface area contributed by atoms with Crippen LogP contribution in [0.3, 0.4) is 0 Å². The van der Waals surface area contributed by atoms with E-state index in [9.17, 15) is 9.59 Å². The Bertz CT molecular complexity index is 750. The van der Waals surface area contributed by atoms with Gasteiger partial charge in [0.1, 0.15) is 0 Å². The average molecular weight is 672 g/mol. The van der Waals surface area contributed by atoms with Gasteiger partial charge in [0.25, 0.3) is 0 Å². The van der Waals surface area contributed by atoms with Gasteiger partial charge < -0.3 is 14.4 Å². The van der Waals surface area contributed by atoms with Crippen LogP contribution in [0.15, 0.2) is 48.6 Å². The highest BCUT2D eigenvalue weighted by Gasteiger charge is 2.06. The lowest BCUT2D eigenvalue weighted by Gasteiger charge is -2.16. The van der Waals surface area contributed by atoms with Crippen molar-refractivity contribution >= 4 is 11.9 Å². The number of hydrogen-bond donors (Lipinski definition) is 0. The summed E-state index contributed by atoms with van der Waals surface area (Å²) in [5.74, 6) is -0.140. The first-order valence-corrected chi connectivity index (χ1v) is 20.2. The van der Waals surface area contributed by atoms with Crippen molar-refractivity contribution in [2.24, 2.45) is 0 Å². The fourth-order valence-corrected chi connectivity index (χ4v) is 5.46. The molecule has 0 unspecified atom stereocenters. The molecule has 0 saturated carbocycles. The van der Waals surface area contributed by atoms with Crippen LogP contribution in [0, 0.1) is 0 Å². The minimum Gasteiger partial charge on any atom is -0.466 e. The summed E-state index contributed by atoms with van der Waals surface area (Å²) in [5, 5.41) is 0. The second kappa shape index (κ2) is 39.3. The van der Waals surface area contributed by atoms with Crippen molar-refractivity contribution in [2.75, 3.05) is 33.4 Å². The minimum absolute atomic E-state index is 0.0700. The van der Waals surface area contributed by atoms with Crippen LogP contribution in [0.2, 0.25) is 0 Å². The quantitative estimate of drug-likeness (QED) is 0.0377. The number of rotatable bonds is 36. The Morgan fingerprint density at radius 2 is 0.771 bits per heavy atom. The Balaban J connectivity index is 3.45. The third-order valence-corrected chi connectivity index (χ3v) is 8.56. The maximum absolute atomic E-state index is 12.0. The molecular formula is C43H77NO4. The second-order valence-electron chi connectivity index (χ2n) is 13.4. The van der Waals surface area contributed by atoms with Crippen LogP contribution >= 0.6 is 0 Å². The molecule has 0 aliphatic carbocycles. The summed E-state index contributed by atoms with van der Waals surface area (Å²) in [7, 11) is 2.06. The molecule has 0 bridgehead atoms. The van der Waals surface area contributed by atoms with Crippen LogP contribution in [-0.4, -0.2) is 50.2 Å². The van der Waals surface area contributed by atoms with Crippen LogP contribution < -0.4 is 0 Å². The molecule has 0 N–H and O–H groups in total. The number of allylic oxidation sites excluding steroid dienone is 8. The number of nitrogens with zero attached hydrogens (tertiary/aromatic N) is 1. The molecule has 0 radical (unpaired) electrons. The van der Waals surface area contributed by atoms with Crippen LogP contribution in [0.1, 0.15) is 181 Å². The van der Waals surface area contributed by atoms with Gasteiger partial charge in [-0.25, -0.2) is 0 Å². The van der Waals surface area contributed by atoms with E-state index in [0.717, 1.165) is 77.3 Å². The Labute approximate surface area is 298 Å². The van der Waals surface area contributed by atoms with Gasteiger partial charge in [-0.15, -0.1) is 0 Å². The van der Waals surface area contributed by atoms with Crippen molar-refractivity contribution in [1.82, 2.24) is 4.90 Å². The van der Waals surface area contributed by atoms with Gasteiger partial charge in [0.15, 0.2) is 0 Å². The van der Waals surface area contributed by atoms with E-state index in [1.165, 1.54) is 89.9 Å². The number of ether oxygens (including phenoxy) is 2. The number of carbonyl (C=O) groups excluding carboxylic acids is 2. The van der Waals surface area contributed by atoms with Crippen LogP contribution in [-0.2, 0) is 19.1 Å². The number of esters is 2. The van der Waals surface area contributed by atoms with Crippen LogP contribution in [0.25, 0.3) is 0 Å². The molecule has 0 aromatic heterocycles. The van der Waals surface area contributed by atoms with Crippen molar-refractivity contribution in [1.29, 1.82) is 0 Å². The van der Waals surface area contributed by atoms with E-state index in [0.29, 0.717) is 26.1 Å². The Kier molecular flexibility index (Phi) is 37.5. The van der Waals surface area contributed by atoms with E-state index in [2.05, 4.69) is 74.4 Å². The van der Waals surface area contributed by atoms with Gasteiger partial charge in [-0.05, 0) is 96.9 Å². The Hall–Kier alpha value is -2.14. The molecule has 0 amide bonds. The SMILES string of the molecule is CCCCC/C=C\C/C=C\CCCCCCCC(=O)OCCCN(C)CCCOC(=O)CCCCCCC/C=C\C/C=C\CCCCC. The molecule has 0 heterocycles. The van der Waals surface area contributed by atoms with Crippen molar-refractivity contribution < 1.29 is 19.1 Å². The van der Waals surface area contributed by atoms with Gasteiger partial charge in [0, 0.05) is 25.9 Å². The molecule has 0 aromatic rings. The van der Waals surface area contributed by atoms with Crippen molar-refractivity contribution in [3.63, 3.8) is 0 Å². The first-order valence-electron chi connectivity index (χ1n) is 20.2. The third kappa shape index (κ3) is 38.3. The lowest BCUT2D eigenvalue weighted by atomic mass is 10.1. The van der Waals surface area contributed by atoms with Crippen LogP contribution in [0.5, 0.6) is 0 Å². The van der Waals surface area contributed by atoms with Gasteiger partial charge in [-0.2, -0.15) is 0 Å². The second-order valence-corrected chi connectivity index (χ2v) is 13.4. The molecule has 0 fully saturated rings. The fraction of sp³-hybridized carbons (Fsp3) is 0.767. The first-order chi connectivity index (χ1) is 23.6. The zero-order chi connectivity index (χ0) is 35.0. The molecule has 0 saturated heterocycles. The topological polar surface area (TPSA) is 55.8 Å².